The van der Waals surface area contributed by atoms with Crippen LogP contribution < -0.4 is 0 Å². The molecule has 0 unspecified atom stereocenters. The predicted molar refractivity (Wildman–Crippen MR) is 118 cm³/mol. The van der Waals surface area contributed by atoms with E-state index in [1.54, 1.807) is 45.1 Å². The predicted octanol–water partition coefficient (Wildman–Crippen LogP) is 2.98. The quantitative estimate of drug-likeness (QED) is 0.472. The molecule has 0 aromatic heterocycles. The van der Waals surface area contributed by atoms with Gasteiger partial charge in [0.25, 0.3) is 0 Å². The van der Waals surface area contributed by atoms with E-state index in [0.717, 1.165) is 0 Å². The SMILES string of the molecule is C[C@@H]1C=CC(=O)[C@H]2OC(C)(C)O[C@H]2CC=Cc2c(C#CCO)ccc(O)c2C(=O)O[C@H]1C. The van der Waals surface area contributed by atoms with Gasteiger partial charge in [0.2, 0.25) is 0 Å². The molecule has 2 aliphatic rings. The highest BCUT2D eigenvalue weighted by Crippen LogP contribution is 2.33. The largest absolute Gasteiger partial charge is 0.507 e. The molecule has 3 rings (SSSR count). The minimum absolute atomic E-state index is 0.0115. The summed E-state index contributed by atoms with van der Waals surface area (Å²) < 4.78 is 17.3. The number of ether oxygens (including phenoxy) is 3. The summed E-state index contributed by atoms with van der Waals surface area (Å²) in [6.45, 7) is 6.69. The van der Waals surface area contributed by atoms with Crippen molar-refractivity contribution in [3.05, 3.63) is 47.1 Å². The number of ketones is 1. The van der Waals surface area contributed by atoms with Gasteiger partial charge >= 0.3 is 5.97 Å². The van der Waals surface area contributed by atoms with Gasteiger partial charge in [-0.25, -0.2) is 4.79 Å². The van der Waals surface area contributed by atoms with Gasteiger partial charge in [0.15, 0.2) is 11.6 Å². The van der Waals surface area contributed by atoms with E-state index in [1.165, 1.54) is 12.1 Å². The third kappa shape index (κ3) is 5.28. The van der Waals surface area contributed by atoms with Crippen LogP contribution in [0.15, 0.2) is 30.4 Å². The number of hydrogen-bond acceptors (Lipinski definition) is 7. The number of aromatic hydroxyl groups is 1. The number of phenolic OH excluding ortho intramolecular Hbond substituents is 1. The Balaban J connectivity index is 2.10. The summed E-state index contributed by atoms with van der Waals surface area (Å²) in [5.74, 6) is 3.03. The van der Waals surface area contributed by atoms with Crippen LogP contribution in [0.4, 0.5) is 0 Å². The Labute approximate surface area is 187 Å². The zero-order valence-corrected chi connectivity index (χ0v) is 18.6. The third-order valence-corrected chi connectivity index (χ3v) is 5.44. The normalized spacial score (nSPS) is 27.5. The molecule has 0 radical (unpaired) electrons. The van der Waals surface area contributed by atoms with Crippen LogP contribution in [0.1, 0.15) is 55.6 Å². The Hall–Kier alpha value is -2.92. The van der Waals surface area contributed by atoms with Crippen LogP contribution in [-0.2, 0) is 19.0 Å². The lowest BCUT2D eigenvalue weighted by atomic mass is 9.97. The maximum Gasteiger partial charge on any atom is 0.342 e. The Morgan fingerprint density at radius 3 is 2.62 bits per heavy atom. The zero-order valence-electron chi connectivity index (χ0n) is 18.6. The first-order chi connectivity index (χ1) is 15.1. The molecule has 1 saturated heterocycles. The van der Waals surface area contributed by atoms with Gasteiger partial charge in [-0.15, -0.1) is 0 Å². The molecule has 1 aromatic rings. The molecule has 2 heterocycles. The van der Waals surface area contributed by atoms with Gasteiger partial charge in [-0.3, -0.25) is 4.79 Å². The first-order valence-electron chi connectivity index (χ1n) is 10.5. The minimum atomic E-state index is -0.910. The molecular formula is C25H28O7. The number of fused-ring (bicyclic) bond motifs is 2. The number of aliphatic hydroxyl groups excluding tert-OH is 1. The van der Waals surface area contributed by atoms with Gasteiger partial charge in [0, 0.05) is 17.0 Å². The smallest absolute Gasteiger partial charge is 0.342 e. The standard InChI is InChI=1S/C25H28O7/c1-15-10-12-20(28)23-21(31-25(3,4)32-23)9-5-8-18-17(7-6-14-26)11-13-19(27)22(18)24(29)30-16(15)2/h5,8,10-13,15-16,21,23,26-27H,9,14H2,1-4H3/t15-,16+,21+,23-/m1/s1. The van der Waals surface area contributed by atoms with Crippen molar-refractivity contribution in [1.82, 2.24) is 0 Å². The Morgan fingerprint density at radius 2 is 1.91 bits per heavy atom. The summed E-state index contributed by atoms with van der Waals surface area (Å²) >= 11 is 0. The molecule has 170 valence electrons. The first-order valence-corrected chi connectivity index (χ1v) is 10.5. The fourth-order valence-electron chi connectivity index (χ4n) is 3.64. The van der Waals surface area contributed by atoms with Crippen molar-refractivity contribution in [3.8, 4) is 17.6 Å². The maximum absolute atomic E-state index is 13.0. The van der Waals surface area contributed by atoms with E-state index in [4.69, 9.17) is 19.3 Å². The van der Waals surface area contributed by atoms with Crippen molar-refractivity contribution in [2.75, 3.05) is 6.61 Å². The van der Waals surface area contributed by atoms with E-state index in [0.29, 0.717) is 17.5 Å². The van der Waals surface area contributed by atoms with E-state index < -0.39 is 30.1 Å². The molecule has 2 aliphatic heterocycles. The first kappa shape index (κ1) is 23.7. The average Bonchev–Trinajstić information content (AvgIpc) is 3.04. The highest BCUT2D eigenvalue weighted by atomic mass is 16.8. The van der Waals surface area contributed by atoms with Gasteiger partial charge in [0.1, 0.15) is 30.1 Å². The van der Waals surface area contributed by atoms with Crippen molar-refractivity contribution in [1.29, 1.82) is 0 Å². The summed E-state index contributed by atoms with van der Waals surface area (Å²) in [5.41, 5.74) is 0.802. The number of phenols is 1. The third-order valence-electron chi connectivity index (χ3n) is 5.44. The summed E-state index contributed by atoms with van der Waals surface area (Å²) in [7, 11) is 0. The van der Waals surface area contributed by atoms with E-state index in [1.807, 2.05) is 6.92 Å². The number of aliphatic hydroxyl groups is 1. The van der Waals surface area contributed by atoms with Gasteiger partial charge in [-0.1, -0.05) is 37.0 Å². The van der Waals surface area contributed by atoms with Crippen molar-refractivity contribution < 1.29 is 34.0 Å². The Bertz CT molecular complexity index is 1010. The maximum atomic E-state index is 13.0. The van der Waals surface area contributed by atoms with Crippen molar-refractivity contribution in [2.24, 2.45) is 5.92 Å². The molecule has 0 aliphatic carbocycles. The zero-order chi connectivity index (χ0) is 23.5. The molecule has 1 aromatic carbocycles. The van der Waals surface area contributed by atoms with Crippen molar-refractivity contribution in [3.63, 3.8) is 0 Å². The van der Waals surface area contributed by atoms with E-state index >= 15 is 0 Å². The molecule has 7 heteroatoms. The Morgan fingerprint density at radius 1 is 1.16 bits per heavy atom. The molecule has 0 spiro atoms. The summed E-state index contributed by atoms with van der Waals surface area (Å²) in [6, 6.07) is 2.94. The number of benzene rings is 1. The molecule has 0 bridgehead atoms. The van der Waals surface area contributed by atoms with E-state index in [9.17, 15) is 14.7 Å². The lowest BCUT2D eigenvalue weighted by Gasteiger charge is -2.20. The van der Waals surface area contributed by atoms with Crippen LogP contribution in [0.25, 0.3) is 6.08 Å². The molecule has 32 heavy (non-hydrogen) atoms. The number of esters is 1. The second kappa shape index (κ2) is 9.70. The second-order valence-electron chi connectivity index (χ2n) is 8.34. The van der Waals surface area contributed by atoms with Gasteiger partial charge in [0.05, 0.1) is 6.10 Å². The number of hydrogen-bond donors (Lipinski definition) is 2. The molecular weight excluding hydrogens is 412 g/mol. The van der Waals surface area contributed by atoms with Crippen LogP contribution in [0.3, 0.4) is 0 Å². The Kier molecular flexibility index (Phi) is 7.19. The van der Waals surface area contributed by atoms with Crippen LogP contribution >= 0.6 is 0 Å². The highest BCUT2D eigenvalue weighted by molar-refractivity contribution is 5.98. The second-order valence-corrected chi connectivity index (χ2v) is 8.34. The summed E-state index contributed by atoms with van der Waals surface area (Å²) in [4.78, 5) is 25.7. The number of carbonyl (C=O) groups is 2. The molecule has 1 fully saturated rings. The number of cyclic esters (lactones) is 1. The van der Waals surface area contributed by atoms with Crippen LogP contribution in [0, 0.1) is 17.8 Å². The van der Waals surface area contributed by atoms with Gasteiger partial charge in [-0.05, 0) is 45.4 Å². The summed E-state index contributed by atoms with van der Waals surface area (Å²) in [5, 5.41) is 19.5. The molecule has 4 atom stereocenters. The summed E-state index contributed by atoms with van der Waals surface area (Å²) in [6.07, 6.45) is 4.99. The highest BCUT2D eigenvalue weighted by Gasteiger charge is 2.43. The minimum Gasteiger partial charge on any atom is -0.507 e. The van der Waals surface area contributed by atoms with Gasteiger partial charge in [-0.2, -0.15) is 0 Å². The van der Waals surface area contributed by atoms with Gasteiger partial charge < -0.3 is 24.4 Å². The van der Waals surface area contributed by atoms with Crippen LogP contribution in [-0.4, -0.2) is 52.7 Å². The van der Waals surface area contributed by atoms with Crippen molar-refractivity contribution in [2.45, 2.75) is 58.2 Å². The molecule has 0 saturated carbocycles. The van der Waals surface area contributed by atoms with E-state index in [-0.39, 0.29) is 29.6 Å². The number of rotatable bonds is 0. The van der Waals surface area contributed by atoms with Crippen LogP contribution in [0.2, 0.25) is 0 Å². The average molecular weight is 440 g/mol. The fraction of sp³-hybridized carbons (Fsp3) is 0.440. The lowest BCUT2D eigenvalue weighted by molar-refractivity contribution is -0.152. The van der Waals surface area contributed by atoms with Crippen molar-refractivity contribution >= 4 is 17.8 Å². The van der Waals surface area contributed by atoms with E-state index in [2.05, 4.69) is 11.8 Å². The monoisotopic (exact) mass is 440 g/mol. The fourth-order valence-corrected chi connectivity index (χ4v) is 3.64. The lowest BCUT2D eigenvalue weighted by Crippen LogP contribution is -2.30. The number of carbonyl (C=O) groups excluding carboxylic acids is 2. The van der Waals surface area contributed by atoms with Crippen LogP contribution in [0.5, 0.6) is 5.75 Å². The topological polar surface area (TPSA) is 102 Å². The molecule has 0 amide bonds. The molecule has 7 nitrogen and oxygen atoms in total. The molecule has 2 N–H and O–H groups in total.